The molecule has 0 saturated heterocycles. The Balaban J connectivity index is 4.12. The summed E-state index contributed by atoms with van der Waals surface area (Å²) in [5.74, 6) is -0.281. The van der Waals surface area contributed by atoms with E-state index in [-0.39, 0.29) is 5.97 Å². The first kappa shape index (κ1) is 32.2. The summed E-state index contributed by atoms with van der Waals surface area (Å²) in [4.78, 5) is 11.5. The van der Waals surface area contributed by atoms with Gasteiger partial charge in [0, 0.05) is 32.5 Å². The van der Waals surface area contributed by atoms with Gasteiger partial charge in [-0.05, 0) is 70.8 Å². The van der Waals surface area contributed by atoms with Crippen molar-refractivity contribution in [2.45, 2.75) is 109 Å². The van der Waals surface area contributed by atoms with Crippen LogP contribution in [0.2, 0.25) is 57.0 Å². The number of esters is 1. The number of hydrogen-bond donors (Lipinski definition) is 0. The Bertz CT molecular complexity index is 553. The molecular formula is C24H53O4PSi3. The molecule has 8 heteroatoms. The minimum absolute atomic E-state index is 0.281. The molecule has 0 N–H and O–H groups in total. The highest BCUT2D eigenvalue weighted by Gasteiger charge is 2.37. The molecule has 0 rings (SSSR count). The third-order valence-corrected chi connectivity index (χ3v) is 21.9. The molecule has 0 radical (unpaired) electrons. The van der Waals surface area contributed by atoms with Crippen LogP contribution in [-0.2, 0) is 18.4 Å². The van der Waals surface area contributed by atoms with E-state index in [1.807, 2.05) is 0 Å². The lowest BCUT2D eigenvalue weighted by atomic mass is 10.2. The topological polar surface area (TPSA) is 44.8 Å². The molecule has 0 bridgehead atoms. The van der Waals surface area contributed by atoms with Crippen molar-refractivity contribution in [3.63, 3.8) is 0 Å². The van der Waals surface area contributed by atoms with Crippen LogP contribution < -0.4 is 0 Å². The molecule has 0 amide bonds. The summed E-state index contributed by atoms with van der Waals surface area (Å²) in [7, 11) is -3.62. The molecule has 190 valence electrons. The second kappa shape index (κ2) is 16.0. The summed E-state index contributed by atoms with van der Waals surface area (Å²) in [6.07, 6.45) is 5.84. The maximum absolute atomic E-state index is 11.5. The Hall–Kier alpha value is 0.211. The molecule has 0 aliphatic rings. The Morgan fingerprint density at radius 2 is 1.59 bits per heavy atom. The number of ether oxygens (including phenoxy) is 2. The number of carbonyl (C=O) groups is 1. The number of carbonyl (C=O) groups excluding carboxylic acids is 1. The highest BCUT2D eigenvalue weighted by molar-refractivity contribution is 7.37. The van der Waals surface area contributed by atoms with E-state index in [9.17, 15) is 4.79 Å². The van der Waals surface area contributed by atoms with Crippen molar-refractivity contribution in [3.8, 4) is 0 Å². The summed E-state index contributed by atoms with van der Waals surface area (Å²) in [6.45, 7) is 26.7. The molecule has 0 heterocycles. The van der Waals surface area contributed by atoms with Crippen LogP contribution in [0.1, 0.15) is 46.0 Å². The SMILES string of the molecule is C=C(C)C(=O)OCC(CCCOCCC[Si](C)(C)O[Si](C)(C)C[Si](C)(C)CCCC)PC. The maximum atomic E-state index is 11.5. The third kappa shape index (κ3) is 16.8. The van der Waals surface area contributed by atoms with Gasteiger partial charge in [-0.1, -0.05) is 45.5 Å². The molecule has 0 aliphatic carbocycles. The van der Waals surface area contributed by atoms with Crippen molar-refractivity contribution in [2.75, 3.05) is 26.5 Å². The predicted molar refractivity (Wildman–Crippen MR) is 151 cm³/mol. The van der Waals surface area contributed by atoms with Gasteiger partial charge in [0.2, 0.25) is 0 Å². The van der Waals surface area contributed by atoms with Crippen LogP contribution in [-0.4, -0.2) is 62.8 Å². The van der Waals surface area contributed by atoms with Crippen molar-refractivity contribution in [1.29, 1.82) is 0 Å². The van der Waals surface area contributed by atoms with E-state index in [1.54, 1.807) is 6.92 Å². The lowest BCUT2D eigenvalue weighted by Crippen LogP contribution is -2.49. The monoisotopic (exact) mass is 520 g/mol. The van der Waals surface area contributed by atoms with E-state index < -0.39 is 24.7 Å². The highest BCUT2D eigenvalue weighted by Crippen LogP contribution is 2.29. The van der Waals surface area contributed by atoms with Gasteiger partial charge in [0.25, 0.3) is 0 Å². The van der Waals surface area contributed by atoms with Gasteiger partial charge < -0.3 is 13.6 Å². The minimum atomic E-state index is -1.64. The molecule has 0 aromatic carbocycles. The van der Waals surface area contributed by atoms with E-state index in [2.05, 4.69) is 59.4 Å². The van der Waals surface area contributed by atoms with Crippen molar-refractivity contribution in [2.24, 2.45) is 0 Å². The number of hydrogen-bond acceptors (Lipinski definition) is 4. The van der Waals surface area contributed by atoms with E-state index >= 15 is 0 Å². The predicted octanol–water partition coefficient (Wildman–Crippen LogP) is 7.44. The number of rotatable bonds is 19. The molecular weight excluding hydrogens is 467 g/mol. The smallest absolute Gasteiger partial charge is 0.333 e. The van der Waals surface area contributed by atoms with Gasteiger partial charge in [-0.2, -0.15) is 0 Å². The van der Waals surface area contributed by atoms with Crippen molar-refractivity contribution >= 4 is 39.3 Å². The van der Waals surface area contributed by atoms with Crippen LogP contribution in [0.15, 0.2) is 12.2 Å². The Labute approximate surface area is 204 Å². The van der Waals surface area contributed by atoms with Gasteiger partial charge in [-0.3, -0.25) is 0 Å². The van der Waals surface area contributed by atoms with Crippen LogP contribution in [0.4, 0.5) is 0 Å². The minimum Gasteiger partial charge on any atom is -0.462 e. The van der Waals surface area contributed by atoms with Gasteiger partial charge in [0.05, 0.1) is 6.61 Å². The second-order valence-electron chi connectivity index (χ2n) is 11.3. The fourth-order valence-corrected chi connectivity index (χ4v) is 24.8. The van der Waals surface area contributed by atoms with E-state index in [4.69, 9.17) is 13.6 Å². The van der Waals surface area contributed by atoms with Crippen LogP contribution in [0.3, 0.4) is 0 Å². The fourth-order valence-electron chi connectivity index (χ4n) is 4.48. The van der Waals surface area contributed by atoms with E-state index in [0.717, 1.165) is 41.1 Å². The first-order valence-electron chi connectivity index (χ1n) is 12.5. The molecule has 0 aromatic rings. The lowest BCUT2D eigenvalue weighted by molar-refractivity contribution is -0.138. The molecule has 0 spiro atoms. The maximum Gasteiger partial charge on any atom is 0.333 e. The van der Waals surface area contributed by atoms with Crippen LogP contribution in [0.25, 0.3) is 0 Å². The second-order valence-corrected chi connectivity index (χ2v) is 27.3. The molecule has 0 fully saturated rings. The van der Waals surface area contributed by atoms with E-state index in [1.165, 1.54) is 30.6 Å². The Morgan fingerprint density at radius 3 is 2.16 bits per heavy atom. The first-order chi connectivity index (χ1) is 14.7. The molecule has 0 saturated carbocycles. The zero-order valence-electron chi connectivity index (χ0n) is 22.7. The van der Waals surface area contributed by atoms with Gasteiger partial charge in [0.1, 0.15) is 0 Å². The quantitative estimate of drug-likeness (QED) is 0.0583. The third-order valence-electron chi connectivity index (χ3n) is 5.75. The normalized spacial score (nSPS) is 14.2. The average Bonchev–Trinajstić information content (AvgIpc) is 2.65. The molecule has 0 aliphatic heterocycles. The van der Waals surface area contributed by atoms with Gasteiger partial charge in [-0.25, -0.2) is 4.79 Å². The molecule has 0 aromatic heterocycles. The summed E-state index contributed by atoms with van der Waals surface area (Å²) in [6, 6.07) is 2.62. The average molecular weight is 521 g/mol. The van der Waals surface area contributed by atoms with E-state index in [0.29, 0.717) is 17.8 Å². The van der Waals surface area contributed by atoms with Gasteiger partial charge >= 0.3 is 5.97 Å². The van der Waals surface area contributed by atoms with Crippen LogP contribution in [0.5, 0.6) is 0 Å². The Morgan fingerprint density at radius 1 is 0.969 bits per heavy atom. The van der Waals surface area contributed by atoms with Crippen molar-refractivity contribution < 1.29 is 18.4 Å². The molecule has 2 atom stereocenters. The summed E-state index contributed by atoms with van der Waals surface area (Å²) in [5, 5.41) is 0. The van der Waals surface area contributed by atoms with Gasteiger partial charge in [0.15, 0.2) is 16.6 Å². The molecule has 2 unspecified atom stereocenters. The first-order valence-corrected chi connectivity index (χ1v) is 23.7. The van der Waals surface area contributed by atoms with Crippen LogP contribution >= 0.6 is 8.58 Å². The summed E-state index contributed by atoms with van der Waals surface area (Å²) >= 11 is 0. The zero-order chi connectivity index (χ0) is 24.8. The van der Waals surface area contributed by atoms with Crippen LogP contribution in [0, 0.1) is 0 Å². The fraction of sp³-hybridized carbons (Fsp3) is 0.875. The summed E-state index contributed by atoms with van der Waals surface area (Å²) < 4.78 is 18.1. The standard InChI is InChI=1S/C24H53O4PSi3/c1-11-12-18-30(5,6)21-32(9,10)28-31(7,8)19-14-17-26-16-13-15-23(29-4)20-27-24(25)22(2)3/h23,29H,2,11-21H2,1,3-10H3. The van der Waals surface area contributed by atoms with Gasteiger partial charge in [-0.15, -0.1) is 8.58 Å². The number of unbranched alkanes of at least 4 members (excludes halogenated alkanes) is 1. The lowest BCUT2D eigenvalue weighted by Gasteiger charge is -2.38. The summed E-state index contributed by atoms with van der Waals surface area (Å²) in [5.41, 5.74) is 2.28. The van der Waals surface area contributed by atoms with Crippen molar-refractivity contribution in [1.82, 2.24) is 0 Å². The molecule has 32 heavy (non-hydrogen) atoms. The molecule has 4 nitrogen and oxygen atoms in total. The highest BCUT2D eigenvalue weighted by atomic mass is 31.1. The zero-order valence-corrected chi connectivity index (χ0v) is 26.7. The Kier molecular flexibility index (Phi) is 16.1. The van der Waals surface area contributed by atoms with Crippen molar-refractivity contribution in [3.05, 3.63) is 12.2 Å². The largest absolute Gasteiger partial charge is 0.462 e.